The Morgan fingerprint density at radius 3 is 1.53 bits per heavy atom. The van der Waals surface area contributed by atoms with Crippen LogP contribution in [0.1, 0.15) is 172 Å². The molecule has 3 aliphatic carbocycles. The van der Waals surface area contributed by atoms with Gasteiger partial charge in [-0.3, -0.25) is 0 Å². The van der Waals surface area contributed by atoms with E-state index in [-0.39, 0.29) is 33.8 Å². The Hall–Kier alpha value is -7.36. The zero-order chi connectivity index (χ0) is 55.2. The number of hydrogen-bond donors (Lipinski definition) is 0. The summed E-state index contributed by atoms with van der Waals surface area (Å²) in [5.74, 6) is 0. The third-order valence-electron chi connectivity index (χ3n) is 21.0. The molecular weight excluding hydrogens is 952 g/mol. The summed E-state index contributed by atoms with van der Waals surface area (Å²) in [5, 5.41) is 0. The SMILES string of the molecule is Cc1cc(C)c(-c2cc3c4c(c2)N(c2ccccc2C)c2ccc5c6c2B4c2c(cc4c(c2C6(C)c2ccc(C(C)(C)C)cc2-5)C(C)(C)c2ccccc2C4(C)C)N3c2ccc3c(c2)C(C)(C)c2ccccc2C3(C)C)c(C)c1. The number of benzene rings is 9. The van der Waals surface area contributed by atoms with Gasteiger partial charge in [0.1, 0.15) is 0 Å². The molecule has 15 rings (SSSR count). The summed E-state index contributed by atoms with van der Waals surface area (Å²) >= 11 is 0. The van der Waals surface area contributed by atoms with Crippen molar-refractivity contribution < 1.29 is 0 Å². The molecule has 9 aromatic rings. The summed E-state index contributed by atoms with van der Waals surface area (Å²) in [6.45, 7) is 38.8. The van der Waals surface area contributed by atoms with Crippen molar-refractivity contribution in [1.82, 2.24) is 0 Å². The maximum atomic E-state index is 2.78. The Morgan fingerprint density at radius 2 is 0.899 bits per heavy atom. The number of aryl methyl sites for hydroxylation is 4. The molecule has 1 unspecified atom stereocenters. The Morgan fingerprint density at radius 1 is 0.367 bits per heavy atom. The normalized spacial score (nSPS) is 19.0. The second-order valence-corrected chi connectivity index (χ2v) is 28.1. The van der Waals surface area contributed by atoms with Gasteiger partial charge in [-0.2, -0.15) is 0 Å². The number of nitrogens with zero attached hydrogens (tertiary/aromatic N) is 2. The summed E-state index contributed by atoms with van der Waals surface area (Å²) in [5.41, 5.74) is 38.2. The molecule has 9 aromatic carbocycles. The maximum absolute atomic E-state index is 2.78. The maximum Gasteiger partial charge on any atom is 0.253 e. The first-order chi connectivity index (χ1) is 37.4. The summed E-state index contributed by atoms with van der Waals surface area (Å²) in [6, 6.07) is 60.7. The van der Waals surface area contributed by atoms with Crippen LogP contribution in [0.4, 0.5) is 34.1 Å². The molecule has 0 fully saturated rings. The summed E-state index contributed by atoms with van der Waals surface area (Å²) in [7, 11) is 0. The predicted octanol–water partition coefficient (Wildman–Crippen LogP) is 17.5. The van der Waals surface area contributed by atoms with E-state index in [1.54, 1.807) is 0 Å². The molecule has 0 N–H and O–H groups in total. The Bertz CT molecular complexity index is 4240. The van der Waals surface area contributed by atoms with Gasteiger partial charge in [-0.1, -0.05) is 191 Å². The quantitative estimate of drug-likeness (QED) is 0.163. The van der Waals surface area contributed by atoms with Crippen LogP contribution >= 0.6 is 0 Å². The van der Waals surface area contributed by atoms with Crippen LogP contribution in [0.15, 0.2) is 152 Å². The van der Waals surface area contributed by atoms with Crippen LogP contribution in [0.3, 0.4) is 0 Å². The van der Waals surface area contributed by atoms with Gasteiger partial charge >= 0.3 is 0 Å². The van der Waals surface area contributed by atoms with Crippen molar-refractivity contribution in [2.75, 3.05) is 9.80 Å². The van der Waals surface area contributed by atoms with E-state index in [1.165, 1.54) is 162 Å². The lowest BCUT2D eigenvalue weighted by atomic mass is 9.27. The van der Waals surface area contributed by atoms with E-state index in [0.29, 0.717) is 0 Å². The second-order valence-electron chi connectivity index (χ2n) is 28.1. The number of hydrogen-bond acceptors (Lipinski definition) is 2. The zero-order valence-corrected chi connectivity index (χ0v) is 49.4. The molecule has 0 saturated heterocycles. The smallest absolute Gasteiger partial charge is 0.253 e. The molecule has 3 heterocycles. The molecule has 6 aliphatic rings. The van der Waals surface area contributed by atoms with Crippen LogP contribution in [0.25, 0.3) is 22.3 Å². The minimum Gasteiger partial charge on any atom is -0.311 e. The van der Waals surface area contributed by atoms with Crippen molar-refractivity contribution in [1.29, 1.82) is 0 Å². The molecule has 0 radical (unpaired) electrons. The predicted molar refractivity (Wildman–Crippen MR) is 336 cm³/mol. The Labute approximate surface area is 470 Å². The summed E-state index contributed by atoms with van der Waals surface area (Å²) in [6.07, 6.45) is 0. The Kier molecular flexibility index (Phi) is 9.44. The van der Waals surface area contributed by atoms with Crippen molar-refractivity contribution >= 4 is 57.2 Å². The van der Waals surface area contributed by atoms with Gasteiger partial charge in [-0.15, -0.1) is 0 Å². The van der Waals surface area contributed by atoms with Crippen LogP contribution < -0.4 is 26.2 Å². The van der Waals surface area contributed by atoms with Gasteiger partial charge < -0.3 is 9.80 Å². The van der Waals surface area contributed by atoms with Gasteiger partial charge in [0.15, 0.2) is 0 Å². The van der Waals surface area contributed by atoms with Crippen LogP contribution in [0, 0.1) is 27.7 Å². The minimum absolute atomic E-state index is 0.0173. The highest BCUT2D eigenvalue weighted by atomic mass is 15.2. The molecule has 0 aromatic heterocycles. The molecule has 79 heavy (non-hydrogen) atoms. The zero-order valence-electron chi connectivity index (χ0n) is 49.4. The van der Waals surface area contributed by atoms with Crippen LogP contribution in [0.2, 0.25) is 0 Å². The number of fused-ring (bicyclic) bond motifs is 9. The van der Waals surface area contributed by atoms with E-state index in [2.05, 4.69) is 272 Å². The van der Waals surface area contributed by atoms with Gasteiger partial charge in [0.25, 0.3) is 6.71 Å². The summed E-state index contributed by atoms with van der Waals surface area (Å²) < 4.78 is 0. The topological polar surface area (TPSA) is 6.48 Å². The second kappa shape index (κ2) is 15.3. The number of rotatable bonds is 3. The number of para-hydroxylation sites is 1. The molecule has 390 valence electrons. The highest BCUT2D eigenvalue weighted by molar-refractivity contribution is 7.01. The standard InChI is InChI=1S/C76H73BN2/c1-42-35-44(3)64(45(4)36-42)46-37-61-68-62(38-46)79(59-28-22-17-23-43(59)2)60-34-31-49-50-39-47(71(5,6)7)29-32-51(50)76(16)65(49)69(60)77(68)70-63(41-58-66(67(70)76)75(14,15)55-27-21-20-26-54(55)74(58,12)13)78(61)48-30-33-56-57(40-48)73(10,11)53-25-19-18-24-52(53)72(56,8)9/h17-41H,1-16H3. The Balaban J connectivity index is 1.16. The van der Waals surface area contributed by atoms with E-state index >= 15 is 0 Å². The molecule has 0 bridgehead atoms. The van der Waals surface area contributed by atoms with Gasteiger partial charge in [0, 0.05) is 61.2 Å². The van der Waals surface area contributed by atoms with E-state index in [4.69, 9.17) is 0 Å². The van der Waals surface area contributed by atoms with Crippen molar-refractivity contribution in [3.63, 3.8) is 0 Å². The number of anilines is 6. The molecule has 3 aliphatic heterocycles. The lowest BCUT2D eigenvalue weighted by Crippen LogP contribution is -2.68. The third-order valence-corrected chi connectivity index (χ3v) is 21.0. The monoisotopic (exact) mass is 1020 g/mol. The van der Waals surface area contributed by atoms with E-state index in [0.717, 1.165) is 0 Å². The van der Waals surface area contributed by atoms with Crippen LogP contribution in [-0.4, -0.2) is 6.71 Å². The van der Waals surface area contributed by atoms with Gasteiger partial charge in [0.2, 0.25) is 0 Å². The first-order valence-electron chi connectivity index (χ1n) is 29.2. The minimum atomic E-state index is -0.488. The molecule has 2 nitrogen and oxygen atoms in total. The molecular formula is C76H73BN2. The van der Waals surface area contributed by atoms with Crippen molar-refractivity contribution in [2.24, 2.45) is 0 Å². The fraction of sp³-hybridized carbons (Fsp3) is 0.289. The molecule has 0 amide bonds. The molecule has 3 heteroatoms. The molecule has 1 atom stereocenters. The van der Waals surface area contributed by atoms with E-state index in [1.807, 2.05) is 0 Å². The van der Waals surface area contributed by atoms with Crippen LogP contribution in [0.5, 0.6) is 0 Å². The summed E-state index contributed by atoms with van der Waals surface area (Å²) in [4.78, 5) is 5.47. The molecule has 0 spiro atoms. The first-order valence-corrected chi connectivity index (χ1v) is 29.2. The van der Waals surface area contributed by atoms with Crippen LogP contribution in [-0.2, 0) is 32.5 Å². The van der Waals surface area contributed by atoms with Gasteiger partial charge in [0.05, 0.1) is 0 Å². The average molecular weight is 1030 g/mol. The van der Waals surface area contributed by atoms with Crippen molar-refractivity contribution in [3.8, 4) is 22.3 Å². The highest BCUT2D eigenvalue weighted by Gasteiger charge is 2.60. The lowest BCUT2D eigenvalue weighted by molar-refractivity contribution is 0.507. The van der Waals surface area contributed by atoms with Crippen molar-refractivity contribution in [2.45, 2.75) is 143 Å². The third kappa shape index (κ3) is 5.94. The average Bonchev–Trinajstić information content (AvgIpc) is 1.93. The fourth-order valence-corrected chi connectivity index (χ4v) is 17.3. The first kappa shape index (κ1) is 48.7. The molecule has 0 saturated carbocycles. The highest BCUT2D eigenvalue weighted by Crippen LogP contribution is 2.63. The van der Waals surface area contributed by atoms with E-state index < -0.39 is 5.41 Å². The van der Waals surface area contributed by atoms with E-state index in [9.17, 15) is 0 Å². The largest absolute Gasteiger partial charge is 0.311 e. The van der Waals surface area contributed by atoms with Gasteiger partial charge in [-0.05, 0) is 205 Å². The lowest BCUT2D eigenvalue weighted by Gasteiger charge is -2.55. The van der Waals surface area contributed by atoms with Gasteiger partial charge in [-0.25, -0.2) is 0 Å². The fourth-order valence-electron chi connectivity index (χ4n) is 17.3. The van der Waals surface area contributed by atoms with Crippen molar-refractivity contribution in [3.05, 3.63) is 241 Å².